The van der Waals surface area contributed by atoms with Crippen molar-refractivity contribution in [3.05, 3.63) is 113 Å². The van der Waals surface area contributed by atoms with Crippen LogP contribution in [0.2, 0.25) is 0 Å². The molecule has 1 atom stereocenters. The van der Waals surface area contributed by atoms with Crippen LogP contribution in [0.25, 0.3) is 22.8 Å². The Morgan fingerprint density at radius 2 is 1.52 bits per heavy atom. The molecule has 27 heavy (non-hydrogen) atoms. The quantitative estimate of drug-likeness (QED) is 0.635. The summed E-state index contributed by atoms with van der Waals surface area (Å²) < 4.78 is 0. The predicted molar refractivity (Wildman–Crippen MR) is 112 cm³/mol. The molecule has 0 saturated heterocycles. The standard InChI is InChI=1S/C25H20N2/c1-17-20-12-13-22-21(18-8-4-2-5-9-18)14-15-26-25(22)24(27-17)16-23(20)19-10-6-3-7-11-19/h2-16,24,27H,1H3/b13-12-. The molecule has 2 aliphatic heterocycles. The second-order valence-corrected chi connectivity index (χ2v) is 6.96. The first-order valence-electron chi connectivity index (χ1n) is 9.29. The lowest BCUT2D eigenvalue weighted by atomic mass is 9.85. The van der Waals surface area contributed by atoms with Gasteiger partial charge in [0.2, 0.25) is 0 Å². The van der Waals surface area contributed by atoms with Crippen molar-refractivity contribution in [1.82, 2.24) is 10.3 Å². The Balaban J connectivity index is 1.71. The van der Waals surface area contributed by atoms with Gasteiger partial charge in [-0.25, -0.2) is 0 Å². The fourth-order valence-corrected chi connectivity index (χ4v) is 3.99. The van der Waals surface area contributed by atoms with Crippen molar-refractivity contribution in [3.63, 3.8) is 0 Å². The molecule has 3 aliphatic rings. The Kier molecular flexibility index (Phi) is 3.75. The fraction of sp³-hybridized carbons (Fsp3) is 0.0800. The number of pyridine rings is 1. The van der Waals surface area contributed by atoms with E-state index in [1.807, 2.05) is 6.20 Å². The Hall–Kier alpha value is -3.39. The number of hydrogen-bond donors (Lipinski definition) is 1. The van der Waals surface area contributed by atoms with Gasteiger partial charge in [-0.2, -0.15) is 0 Å². The lowest BCUT2D eigenvalue weighted by molar-refractivity contribution is 0.679. The number of benzene rings is 2. The average Bonchev–Trinajstić information content (AvgIpc) is 2.71. The van der Waals surface area contributed by atoms with Gasteiger partial charge in [0.05, 0.1) is 11.7 Å². The van der Waals surface area contributed by atoms with Gasteiger partial charge in [-0.15, -0.1) is 0 Å². The van der Waals surface area contributed by atoms with Gasteiger partial charge in [0.15, 0.2) is 0 Å². The predicted octanol–water partition coefficient (Wildman–Crippen LogP) is 5.78. The molecule has 2 nitrogen and oxygen atoms in total. The van der Waals surface area contributed by atoms with Crippen molar-refractivity contribution in [3.8, 4) is 11.1 Å². The van der Waals surface area contributed by atoms with Gasteiger partial charge < -0.3 is 5.32 Å². The molecule has 1 unspecified atom stereocenters. The van der Waals surface area contributed by atoms with Crippen LogP contribution in [0.3, 0.4) is 0 Å². The van der Waals surface area contributed by atoms with Gasteiger partial charge in [0.1, 0.15) is 0 Å². The van der Waals surface area contributed by atoms with Crippen LogP contribution in [0.5, 0.6) is 0 Å². The second kappa shape index (κ2) is 6.40. The summed E-state index contributed by atoms with van der Waals surface area (Å²) in [5.74, 6) is 0. The third-order valence-corrected chi connectivity index (χ3v) is 5.30. The number of hydrogen-bond acceptors (Lipinski definition) is 2. The minimum Gasteiger partial charge on any atom is -0.376 e. The number of nitrogens with zero attached hydrogens (tertiary/aromatic N) is 1. The molecule has 2 aromatic carbocycles. The van der Waals surface area contributed by atoms with Crippen LogP contribution in [0.15, 0.2) is 96.3 Å². The van der Waals surface area contributed by atoms with Gasteiger partial charge in [0.25, 0.3) is 0 Å². The number of dihydropyridines is 1. The van der Waals surface area contributed by atoms with Crippen LogP contribution >= 0.6 is 0 Å². The number of fused-ring (bicyclic) bond motifs is 1. The lowest BCUT2D eigenvalue weighted by Gasteiger charge is -2.30. The molecule has 3 aromatic rings. The zero-order valence-electron chi connectivity index (χ0n) is 15.2. The summed E-state index contributed by atoms with van der Waals surface area (Å²) in [6.07, 6.45) is 8.68. The van der Waals surface area contributed by atoms with E-state index >= 15 is 0 Å². The van der Waals surface area contributed by atoms with Gasteiger partial charge in [-0.3, -0.25) is 4.98 Å². The fourth-order valence-electron chi connectivity index (χ4n) is 3.99. The SMILES string of the molecule is CC1=C2/C=C\c3c(-c4ccccc4)ccnc3C(C=C2c2ccccc2)N1. The minimum absolute atomic E-state index is 0.0626. The van der Waals surface area contributed by atoms with Gasteiger partial charge in [-0.05, 0) is 41.3 Å². The van der Waals surface area contributed by atoms with Crippen molar-refractivity contribution in [2.45, 2.75) is 13.0 Å². The van der Waals surface area contributed by atoms with E-state index in [0.717, 1.165) is 5.69 Å². The topological polar surface area (TPSA) is 24.9 Å². The average molecular weight is 348 g/mol. The van der Waals surface area contributed by atoms with E-state index in [4.69, 9.17) is 4.98 Å². The van der Waals surface area contributed by atoms with E-state index in [9.17, 15) is 0 Å². The molecule has 1 aromatic heterocycles. The molecule has 1 aliphatic carbocycles. The first-order valence-corrected chi connectivity index (χ1v) is 9.29. The maximum atomic E-state index is 4.77. The maximum absolute atomic E-state index is 4.77. The third-order valence-electron chi connectivity index (χ3n) is 5.30. The molecule has 2 heteroatoms. The first kappa shape index (κ1) is 15.8. The molecule has 6 rings (SSSR count). The zero-order valence-corrected chi connectivity index (χ0v) is 15.2. The van der Waals surface area contributed by atoms with Crippen molar-refractivity contribution < 1.29 is 0 Å². The van der Waals surface area contributed by atoms with Crippen molar-refractivity contribution >= 4 is 11.6 Å². The smallest absolute Gasteiger partial charge is 0.0883 e. The van der Waals surface area contributed by atoms with E-state index < -0.39 is 0 Å². The summed E-state index contributed by atoms with van der Waals surface area (Å²) in [7, 11) is 0. The molecule has 0 saturated carbocycles. The summed E-state index contributed by atoms with van der Waals surface area (Å²) in [6.45, 7) is 2.15. The molecule has 0 spiro atoms. The minimum atomic E-state index is 0.0626. The van der Waals surface area contributed by atoms with Gasteiger partial charge in [-0.1, -0.05) is 72.8 Å². The highest BCUT2D eigenvalue weighted by atomic mass is 15.0. The Bertz CT molecular complexity index is 1090. The van der Waals surface area contributed by atoms with E-state index in [2.05, 4.69) is 97.2 Å². The highest BCUT2D eigenvalue weighted by molar-refractivity contribution is 5.88. The van der Waals surface area contributed by atoms with Crippen molar-refractivity contribution in [2.24, 2.45) is 0 Å². The van der Waals surface area contributed by atoms with E-state index in [0.29, 0.717) is 0 Å². The monoisotopic (exact) mass is 348 g/mol. The van der Waals surface area contributed by atoms with Crippen LogP contribution in [-0.2, 0) is 0 Å². The number of allylic oxidation sites excluding steroid dienone is 4. The first-order chi connectivity index (χ1) is 13.3. The van der Waals surface area contributed by atoms with Crippen LogP contribution in [0, 0.1) is 0 Å². The van der Waals surface area contributed by atoms with E-state index in [1.54, 1.807) is 0 Å². The summed E-state index contributed by atoms with van der Waals surface area (Å²) in [6, 6.07) is 23.3. The molecule has 0 amide bonds. The van der Waals surface area contributed by atoms with Crippen LogP contribution in [0.4, 0.5) is 0 Å². The Morgan fingerprint density at radius 3 is 2.26 bits per heavy atom. The molecular weight excluding hydrogens is 328 g/mol. The van der Waals surface area contributed by atoms with Crippen LogP contribution < -0.4 is 5.32 Å². The molecule has 0 fully saturated rings. The summed E-state index contributed by atoms with van der Waals surface area (Å²) in [5.41, 5.74) is 9.64. The van der Waals surface area contributed by atoms with E-state index in [-0.39, 0.29) is 6.04 Å². The molecule has 130 valence electrons. The van der Waals surface area contributed by atoms with Gasteiger partial charge >= 0.3 is 0 Å². The van der Waals surface area contributed by atoms with Crippen LogP contribution in [-0.4, -0.2) is 4.98 Å². The summed E-state index contributed by atoms with van der Waals surface area (Å²) >= 11 is 0. The lowest BCUT2D eigenvalue weighted by Crippen LogP contribution is -2.26. The summed E-state index contributed by atoms with van der Waals surface area (Å²) in [4.78, 5) is 4.77. The van der Waals surface area contributed by atoms with Crippen LogP contribution in [0.1, 0.15) is 29.8 Å². The number of aromatic nitrogens is 1. The molecule has 2 bridgehead atoms. The van der Waals surface area contributed by atoms with Crippen molar-refractivity contribution in [1.29, 1.82) is 0 Å². The van der Waals surface area contributed by atoms with E-state index in [1.165, 1.54) is 39.1 Å². The molecular formula is C25H20N2. The normalized spacial score (nSPS) is 18.9. The molecule has 1 N–H and O–H groups in total. The Morgan fingerprint density at radius 1 is 0.815 bits per heavy atom. The number of rotatable bonds is 2. The summed E-state index contributed by atoms with van der Waals surface area (Å²) in [5, 5.41) is 3.64. The molecule has 3 heterocycles. The maximum Gasteiger partial charge on any atom is 0.0883 e. The second-order valence-electron chi connectivity index (χ2n) is 6.96. The highest BCUT2D eigenvalue weighted by Crippen LogP contribution is 2.39. The number of nitrogens with one attached hydrogen (secondary N) is 1. The highest BCUT2D eigenvalue weighted by Gasteiger charge is 2.26. The largest absolute Gasteiger partial charge is 0.376 e. The zero-order chi connectivity index (χ0) is 18.2. The van der Waals surface area contributed by atoms with Gasteiger partial charge in [0, 0.05) is 23.0 Å². The Labute approximate surface area is 159 Å². The van der Waals surface area contributed by atoms with Crippen molar-refractivity contribution in [2.75, 3.05) is 0 Å². The third kappa shape index (κ3) is 2.70. The molecule has 0 radical (unpaired) electrons.